The Hall–Kier alpha value is -3.58. The summed E-state index contributed by atoms with van der Waals surface area (Å²) in [6.07, 6.45) is 6.71. The van der Waals surface area contributed by atoms with Gasteiger partial charge in [-0.15, -0.1) is 11.3 Å². The number of nitrogens with zero attached hydrogens (tertiary/aromatic N) is 2. The fourth-order valence-electron chi connectivity index (χ4n) is 5.53. The average Bonchev–Trinajstić information content (AvgIpc) is 3.51. The van der Waals surface area contributed by atoms with Crippen molar-refractivity contribution in [3.63, 3.8) is 0 Å². The average molecular weight is 516 g/mol. The summed E-state index contributed by atoms with van der Waals surface area (Å²) in [5.74, 6) is 0.532. The van der Waals surface area contributed by atoms with E-state index in [4.69, 9.17) is 4.74 Å². The third-order valence-corrected chi connectivity index (χ3v) is 8.64. The van der Waals surface area contributed by atoms with Gasteiger partial charge in [0.25, 0.3) is 0 Å². The van der Waals surface area contributed by atoms with Crippen molar-refractivity contribution in [1.82, 2.24) is 14.8 Å². The number of carbonyl (C=O) groups is 1. The molecule has 0 radical (unpaired) electrons. The maximum absolute atomic E-state index is 13.9. The van der Waals surface area contributed by atoms with E-state index in [1.54, 1.807) is 12.1 Å². The minimum Gasteiger partial charge on any atom is -0.494 e. The third kappa shape index (κ3) is 4.53. The molecule has 2 aromatic carbocycles. The van der Waals surface area contributed by atoms with Gasteiger partial charge in [-0.2, -0.15) is 0 Å². The number of benzene rings is 2. The lowest BCUT2D eigenvalue weighted by molar-refractivity contribution is 0.180. The van der Waals surface area contributed by atoms with Gasteiger partial charge in [-0.25, -0.2) is 9.18 Å². The molecule has 190 valence electrons. The van der Waals surface area contributed by atoms with Crippen LogP contribution in [0.15, 0.2) is 66.9 Å². The number of urea groups is 1. The van der Waals surface area contributed by atoms with Crippen molar-refractivity contribution in [1.29, 1.82) is 0 Å². The minimum absolute atomic E-state index is 0.139. The molecule has 0 saturated heterocycles. The maximum atomic E-state index is 13.9. The van der Waals surface area contributed by atoms with E-state index in [-0.39, 0.29) is 17.9 Å². The first-order valence-electron chi connectivity index (χ1n) is 12.9. The first kappa shape index (κ1) is 23.8. The number of aryl methyl sites for hydroxylation is 1. The van der Waals surface area contributed by atoms with Crippen molar-refractivity contribution < 1.29 is 13.9 Å². The van der Waals surface area contributed by atoms with Crippen molar-refractivity contribution in [2.45, 2.75) is 51.7 Å². The summed E-state index contributed by atoms with van der Waals surface area (Å²) < 4.78 is 21.3. The summed E-state index contributed by atoms with van der Waals surface area (Å²) in [7, 11) is 0. The van der Waals surface area contributed by atoms with E-state index >= 15 is 0 Å². The van der Waals surface area contributed by atoms with Gasteiger partial charge < -0.3 is 19.5 Å². The van der Waals surface area contributed by atoms with Crippen LogP contribution in [-0.4, -0.2) is 22.1 Å². The number of amides is 2. The van der Waals surface area contributed by atoms with Crippen molar-refractivity contribution in [3.05, 3.63) is 106 Å². The van der Waals surface area contributed by atoms with Crippen molar-refractivity contribution in [3.8, 4) is 10.8 Å². The smallest absolute Gasteiger partial charge is 0.318 e. The quantitative estimate of drug-likeness (QED) is 0.319. The fourth-order valence-corrected chi connectivity index (χ4v) is 6.94. The molecule has 2 aliphatic rings. The van der Waals surface area contributed by atoms with Gasteiger partial charge >= 0.3 is 6.03 Å². The molecule has 7 heteroatoms. The Labute approximate surface area is 220 Å². The van der Waals surface area contributed by atoms with Gasteiger partial charge in [0.2, 0.25) is 0 Å². The third-order valence-electron chi connectivity index (χ3n) is 7.30. The molecule has 6 rings (SSSR count). The number of hydrogen-bond donors (Lipinski definition) is 1. The van der Waals surface area contributed by atoms with Crippen molar-refractivity contribution in [2.24, 2.45) is 0 Å². The van der Waals surface area contributed by atoms with Gasteiger partial charge in [0.05, 0.1) is 24.9 Å². The molecule has 1 atom stereocenters. The van der Waals surface area contributed by atoms with Crippen LogP contribution in [0.5, 0.6) is 5.75 Å². The predicted molar refractivity (Wildman–Crippen MR) is 144 cm³/mol. The molecule has 0 saturated carbocycles. The second-order valence-corrected chi connectivity index (χ2v) is 10.7. The predicted octanol–water partition coefficient (Wildman–Crippen LogP) is 6.77. The van der Waals surface area contributed by atoms with E-state index in [0.29, 0.717) is 19.7 Å². The van der Waals surface area contributed by atoms with Crippen LogP contribution in [0.1, 0.15) is 58.6 Å². The number of rotatable bonds is 5. The SMILES string of the molecule is CCOc1ccc([C@@H]2c3cccn3-c3sc4c(c3CN2C(=O)NCc2ccc(F)cc2)CCCC4)cc1. The van der Waals surface area contributed by atoms with Crippen LogP contribution in [0.2, 0.25) is 0 Å². The van der Waals surface area contributed by atoms with Crippen molar-refractivity contribution in [2.75, 3.05) is 6.61 Å². The van der Waals surface area contributed by atoms with E-state index in [9.17, 15) is 9.18 Å². The van der Waals surface area contributed by atoms with Gasteiger partial charge in [0, 0.05) is 23.2 Å². The van der Waals surface area contributed by atoms with E-state index in [0.717, 1.165) is 35.4 Å². The number of thiophene rings is 1. The molecule has 5 nitrogen and oxygen atoms in total. The fraction of sp³-hybridized carbons (Fsp3) is 0.300. The van der Waals surface area contributed by atoms with Crippen LogP contribution in [-0.2, 0) is 25.9 Å². The molecule has 0 spiro atoms. The minimum atomic E-state index is -0.284. The molecular weight excluding hydrogens is 485 g/mol. The Bertz CT molecular complexity index is 1410. The molecule has 37 heavy (non-hydrogen) atoms. The molecule has 1 aliphatic heterocycles. The number of aromatic nitrogens is 1. The Morgan fingerprint density at radius 1 is 1.05 bits per heavy atom. The lowest BCUT2D eigenvalue weighted by Crippen LogP contribution is -2.41. The number of halogens is 1. The molecule has 3 heterocycles. The summed E-state index contributed by atoms with van der Waals surface area (Å²) in [6, 6.07) is 18.1. The standard InChI is InChI=1S/C30H30FN3O2S/c1-2-36-23-15-11-21(12-16-23)28-26-7-5-17-33(26)29-25(24-6-3-4-8-27(24)37-29)19-34(28)30(35)32-18-20-9-13-22(31)14-10-20/h5,7,9-17,28H,2-4,6,8,18-19H2,1H3,(H,32,35)/t28-/m1/s1. The molecule has 0 fully saturated rings. The number of carbonyl (C=O) groups excluding carboxylic acids is 1. The molecule has 4 aromatic rings. The highest BCUT2D eigenvalue weighted by Crippen LogP contribution is 2.44. The Balaban J connectivity index is 1.41. The second kappa shape index (κ2) is 10.1. The van der Waals surface area contributed by atoms with Gasteiger partial charge in [-0.3, -0.25) is 0 Å². The van der Waals surface area contributed by atoms with Crippen LogP contribution >= 0.6 is 11.3 Å². The molecule has 1 aliphatic carbocycles. The number of ether oxygens (including phenoxy) is 1. The largest absolute Gasteiger partial charge is 0.494 e. The second-order valence-electron chi connectivity index (χ2n) is 9.62. The first-order chi connectivity index (χ1) is 18.1. The van der Waals surface area contributed by atoms with Crippen LogP contribution in [0, 0.1) is 5.82 Å². The molecule has 1 N–H and O–H groups in total. The molecule has 2 amide bonds. The van der Waals surface area contributed by atoms with E-state index < -0.39 is 0 Å². The van der Waals surface area contributed by atoms with Crippen LogP contribution < -0.4 is 10.1 Å². The lowest BCUT2D eigenvalue weighted by atomic mass is 9.95. The van der Waals surface area contributed by atoms with Crippen molar-refractivity contribution >= 4 is 17.4 Å². The highest BCUT2D eigenvalue weighted by Gasteiger charge is 2.36. The molecule has 0 bridgehead atoms. The number of hydrogen-bond acceptors (Lipinski definition) is 3. The van der Waals surface area contributed by atoms with E-state index in [1.807, 2.05) is 35.3 Å². The first-order valence-corrected chi connectivity index (χ1v) is 13.8. The number of fused-ring (bicyclic) bond motifs is 5. The van der Waals surface area contributed by atoms with Gasteiger partial charge in [0.15, 0.2) is 0 Å². The Morgan fingerprint density at radius 3 is 2.62 bits per heavy atom. The van der Waals surface area contributed by atoms with Crippen LogP contribution in [0.4, 0.5) is 9.18 Å². The Kier molecular flexibility index (Phi) is 6.47. The summed E-state index contributed by atoms with van der Waals surface area (Å²) in [5, 5.41) is 4.34. The topological polar surface area (TPSA) is 46.5 Å². The van der Waals surface area contributed by atoms with Gasteiger partial charge in [-0.05, 0) is 85.7 Å². The zero-order valence-corrected chi connectivity index (χ0v) is 21.7. The molecular formula is C30H30FN3O2S. The monoisotopic (exact) mass is 515 g/mol. The zero-order chi connectivity index (χ0) is 25.4. The van der Waals surface area contributed by atoms with Gasteiger partial charge in [-0.1, -0.05) is 24.3 Å². The lowest BCUT2D eigenvalue weighted by Gasteiger charge is -2.31. The van der Waals surface area contributed by atoms with Crippen LogP contribution in [0.3, 0.4) is 0 Å². The number of nitrogens with one attached hydrogen (secondary N) is 1. The van der Waals surface area contributed by atoms with Crippen LogP contribution in [0.25, 0.3) is 5.00 Å². The highest BCUT2D eigenvalue weighted by atomic mass is 32.1. The summed E-state index contributed by atoms with van der Waals surface area (Å²) in [4.78, 5) is 17.3. The van der Waals surface area contributed by atoms with E-state index in [1.165, 1.54) is 46.0 Å². The summed E-state index contributed by atoms with van der Waals surface area (Å²) >= 11 is 1.88. The summed E-state index contributed by atoms with van der Waals surface area (Å²) in [5.41, 5.74) is 5.65. The van der Waals surface area contributed by atoms with E-state index in [2.05, 4.69) is 40.3 Å². The normalized spacial score (nSPS) is 16.4. The highest BCUT2D eigenvalue weighted by molar-refractivity contribution is 7.15. The van der Waals surface area contributed by atoms with Gasteiger partial charge in [0.1, 0.15) is 16.6 Å². The Morgan fingerprint density at radius 2 is 1.84 bits per heavy atom. The zero-order valence-electron chi connectivity index (χ0n) is 20.9. The maximum Gasteiger partial charge on any atom is 0.318 e. The molecule has 2 aromatic heterocycles. The summed E-state index contributed by atoms with van der Waals surface area (Å²) in [6.45, 7) is 3.45. The molecule has 0 unspecified atom stereocenters.